The number of aromatic nitrogens is 1. The van der Waals surface area contributed by atoms with Gasteiger partial charge >= 0.3 is 5.76 Å². The van der Waals surface area contributed by atoms with Gasteiger partial charge in [0.1, 0.15) is 0 Å². The van der Waals surface area contributed by atoms with E-state index in [9.17, 15) is 9.59 Å². The lowest BCUT2D eigenvalue weighted by atomic mass is 9.97. The van der Waals surface area contributed by atoms with Crippen LogP contribution < -0.4 is 11.5 Å². The van der Waals surface area contributed by atoms with Gasteiger partial charge in [0.15, 0.2) is 5.58 Å². The standard InChI is InChI=1S/C23H19N3O3/c24-16-7-8-17-18(12-16)22(27)26(20(17)10-14-4-2-1-3-5-14)13-15-6-9-19-21(11-15)29-23(28)25-19/h1-9,11-12,20H,10,13,24H2,(H,25,28). The number of H-pyrrole nitrogens is 1. The number of carbonyl (C=O) groups excluding carboxylic acids is 1. The van der Waals surface area contributed by atoms with E-state index in [4.69, 9.17) is 10.2 Å². The molecular formula is C23H19N3O3. The third-order valence-electron chi connectivity index (χ3n) is 5.41. The van der Waals surface area contributed by atoms with Gasteiger partial charge in [0.2, 0.25) is 0 Å². The van der Waals surface area contributed by atoms with E-state index in [1.165, 1.54) is 0 Å². The Morgan fingerprint density at radius 3 is 2.62 bits per heavy atom. The van der Waals surface area contributed by atoms with Crippen LogP contribution in [0, 0.1) is 0 Å². The van der Waals surface area contributed by atoms with Gasteiger partial charge in [-0.25, -0.2) is 4.79 Å². The first kappa shape index (κ1) is 17.3. The van der Waals surface area contributed by atoms with Gasteiger partial charge in [-0.15, -0.1) is 0 Å². The van der Waals surface area contributed by atoms with Gasteiger partial charge in [0.05, 0.1) is 11.6 Å². The number of amides is 1. The monoisotopic (exact) mass is 385 g/mol. The summed E-state index contributed by atoms with van der Waals surface area (Å²) in [6, 6.07) is 21.1. The lowest BCUT2D eigenvalue weighted by Gasteiger charge is -2.26. The second kappa shape index (κ2) is 6.67. The molecule has 1 aromatic heterocycles. The number of anilines is 1. The summed E-state index contributed by atoms with van der Waals surface area (Å²) in [5, 5.41) is 0. The summed E-state index contributed by atoms with van der Waals surface area (Å²) in [5.74, 6) is -0.525. The first-order chi connectivity index (χ1) is 14.1. The molecule has 1 unspecified atom stereocenters. The highest BCUT2D eigenvalue weighted by Gasteiger charge is 2.36. The van der Waals surface area contributed by atoms with Crippen LogP contribution in [0.2, 0.25) is 0 Å². The fraction of sp³-hybridized carbons (Fsp3) is 0.130. The third-order valence-corrected chi connectivity index (χ3v) is 5.41. The smallest absolute Gasteiger partial charge is 0.408 e. The molecular weight excluding hydrogens is 366 g/mol. The van der Waals surface area contributed by atoms with Gasteiger partial charge in [-0.1, -0.05) is 42.5 Å². The summed E-state index contributed by atoms with van der Waals surface area (Å²) in [6.07, 6.45) is 0.713. The highest BCUT2D eigenvalue weighted by molar-refractivity contribution is 6.00. The molecule has 0 fully saturated rings. The van der Waals surface area contributed by atoms with Crippen molar-refractivity contribution in [1.82, 2.24) is 9.88 Å². The first-order valence-electron chi connectivity index (χ1n) is 9.44. The van der Waals surface area contributed by atoms with Crippen molar-refractivity contribution in [2.75, 3.05) is 5.73 Å². The number of hydrogen-bond donors (Lipinski definition) is 2. The van der Waals surface area contributed by atoms with Gasteiger partial charge in [-0.05, 0) is 47.4 Å². The van der Waals surface area contributed by atoms with E-state index in [2.05, 4.69) is 17.1 Å². The maximum absolute atomic E-state index is 13.2. The minimum Gasteiger partial charge on any atom is -0.408 e. The highest BCUT2D eigenvalue weighted by atomic mass is 16.4. The quantitative estimate of drug-likeness (QED) is 0.525. The Morgan fingerprint density at radius 2 is 1.79 bits per heavy atom. The average molecular weight is 385 g/mol. The minimum absolute atomic E-state index is 0.0381. The Kier molecular flexibility index (Phi) is 3.98. The second-order valence-electron chi connectivity index (χ2n) is 7.33. The largest absolute Gasteiger partial charge is 0.417 e. The molecule has 5 rings (SSSR count). The molecule has 6 nitrogen and oxygen atoms in total. The number of oxazole rings is 1. The number of rotatable bonds is 4. The van der Waals surface area contributed by atoms with Crippen LogP contribution in [-0.4, -0.2) is 15.8 Å². The zero-order chi connectivity index (χ0) is 20.0. The molecule has 2 heterocycles. The van der Waals surface area contributed by atoms with Crippen molar-refractivity contribution in [2.45, 2.75) is 19.0 Å². The predicted octanol–water partition coefficient (Wildman–Crippen LogP) is 3.64. The van der Waals surface area contributed by atoms with E-state index in [1.807, 2.05) is 41.3 Å². The van der Waals surface area contributed by atoms with Gasteiger partial charge in [0, 0.05) is 17.8 Å². The zero-order valence-corrected chi connectivity index (χ0v) is 15.6. The number of nitrogen functional groups attached to an aromatic ring is 1. The second-order valence-corrected chi connectivity index (χ2v) is 7.33. The Bertz CT molecular complexity index is 1270. The number of carbonyl (C=O) groups is 1. The van der Waals surface area contributed by atoms with Crippen molar-refractivity contribution < 1.29 is 9.21 Å². The maximum atomic E-state index is 13.2. The van der Waals surface area contributed by atoms with Crippen LogP contribution in [0.15, 0.2) is 75.9 Å². The Balaban J connectivity index is 1.53. The van der Waals surface area contributed by atoms with Crippen LogP contribution in [0.4, 0.5) is 5.69 Å². The van der Waals surface area contributed by atoms with E-state index in [0.29, 0.717) is 35.3 Å². The fourth-order valence-corrected chi connectivity index (χ4v) is 4.04. The molecule has 3 N–H and O–H groups in total. The Morgan fingerprint density at radius 1 is 0.966 bits per heavy atom. The first-order valence-corrected chi connectivity index (χ1v) is 9.44. The van der Waals surface area contributed by atoms with Crippen LogP contribution in [0.3, 0.4) is 0 Å². The molecule has 0 saturated heterocycles. The molecule has 1 aliphatic heterocycles. The van der Waals surface area contributed by atoms with Gasteiger partial charge < -0.3 is 15.1 Å². The van der Waals surface area contributed by atoms with E-state index in [0.717, 1.165) is 16.7 Å². The number of nitrogens with one attached hydrogen (secondary N) is 1. The van der Waals surface area contributed by atoms with Crippen molar-refractivity contribution in [3.05, 3.63) is 99.5 Å². The topological polar surface area (TPSA) is 92.3 Å². The van der Waals surface area contributed by atoms with Crippen LogP contribution in [0.5, 0.6) is 0 Å². The summed E-state index contributed by atoms with van der Waals surface area (Å²) in [7, 11) is 0. The minimum atomic E-state index is -0.487. The van der Waals surface area contributed by atoms with E-state index < -0.39 is 5.76 Å². The van der Waals surface area contributed by atoms with E-state index >= 15 is 0 Å². The molecule has 144 valence electrons. The molecule has 1 amide bonds. The lowest BCUT2D eigenvalue weighted by Crippen LogP contribution is -2.28. The van der Waals surface area contributed by atoms with Crippen molar-refractivity contribution in [3.63, 3.8) is 0 Å². The predicted molar refractivity (Wildman–Crippen MR) is 110 cm³/mol. The lowest BCUT2D eigenvalue weighted by molar-refractivity contribution is 0.0709. The molecule has 6 heteroatoms. The van der Waals surface area contributed by atoms with E-state index in [1.54, 1.807) is 18.2 Å². The number of hydrogen-bond acceptors (Lipinski definition) is 4. The van der Waals surface area contributed by atoms with Gasteiger partial charge in [-0.3, -0.25) is 9.78 Å². The Hall–Kier alpha value is -3.80. The van der Waals surface area contributed by atoms with Gasteiger partial charge in [0.25, 0.3) is 5.91 Å². The number of nitrogens with two attached hydrogens (primary N) is 1. The van der Waals surface area contributed by atoms with Crippen molar-refractivity contribution in [3.8, 4) is 0 Å². The molecule has 0 radical (unpaired) electrons. The van der Waals surface area contributed by atoms with Crippen molar-refractivity contribution >= 4 is 22.7 Å². The molecule has 0 spiro atoms. The molecule has 0 aliphatic carbocycles. The molecule has 0 bridgehead atoms. The molecule has 1 aliphatic rings. The normalized spacial score (nSPS) is 15.8. The summed E-state index contributed by atoms with van der Waals surface area (Å²) >= 11 is 0. The number of nitrogens with zero attached hydrogens (tertiary/aromatic N) is 1. The molecule has 0 saturated carbocycles. The van der Waals surface area contributed by atoms with E-state index in [-0.39, 0.29) is 11.9 Å². The summed E-state index contributed by atoms with van der Waals surface area (Å²) in [6.45, 7) is 0.412. The number of fused-ring (bicyclic) bond motifs is 2. The van der Waals surface area contributed by atoms with Crippen molar-refractivity contribution in [1.29, 1.82) is 0 Å². The summed E-state index contributed by atoms with van der Waals surface area (Å²) < 4.78 is 5.17. The molecule has 29 heavy (non-hydrogen) atoms. The SMILES string of the molecule is Nc1ccc2c(c1)C(=O)N(Cc1ccc3[nH]c(=O)oc3c1)C2Cc1ccccc1. The van der Waals surface area contributed by atoms with Crippen LogP contribution >= 0.6 is 0 Å². The Labute approximate surface area is 166 Å². The average Bonchev–Trinajstić information content (AvgIpc) is 3.20. The summed E-state index contributed by atoms with van der Waals surface area (Å²) in [4.78, 5) is 29.1. The van der Waals surface area contributed by atoms with Gasteiger partial charge in [-0.2, -0.15) is 0 Å². The maximum Gasteiger partial charge on any atom is 0.417 e. The summed E-state index contributed by atoms with van der Waals surface area (Å²) in [5.41, 5.74) is 11.3. The fourth-order valence-electron chi connectivity index (χ4n) is 4.04. The molecule has 1 atom stereocenters. The zero-order valence-electron chi connectivity index (χ0n) is 15.6. The van der Waals surface area contributed by atoms with Crippen molar-refractivity contribution in [2.24, 2.45) is 0 Å². The number of aromatic amines is 1. The molecule has 4 aromatic rings. The number of benzene rings is 3. The van der Waals surface area contributed by atoms with Crippen LogP contribution in [0.25, 0.3) is 11.1 Å². The highest BCUT2D eigenvalue weighted by Crippen LogP contribution is 2.38. The van der Waals surface area contributed by atoms with Crippen LogP contribution in [0.1, 0.15) is 33.1 Å². The van der Waals surface area contributed by atoms with Crippen LogP contribution in [-0.2, 0) is 13.0 Å². The third kappa shape index (κ3) is 3.08. The molecule has 3 aromatic carbocycles.